The van der Waals surface area contributed by atoms with Crippen molar-refractivity contribution < 1.29 is 18.4 Å². The molecule has 0 saturated carbocycles. The number of hydrogen-bond acceptors (Lipinski definition) is 7. The topological polar surface area (TPSA) is 97.1 Å². The number of halogens is 1. The molecule has 1 saturated heterocycles. The van der Waals surface area contributed by atoms with Crippen molar-refractivity contribution in [3.05, 3.63) is 65.6 Å². The van der Waals surface area contributed by atoms with Crippen molar-refractivity contribution in [2.75, 3.05) is 13.7 Å². The number of benzene rings is 2. The quantitative estimate of drug-likeness (QED) is 0.489. The van der Waals surface area contributed by atoms with Crippen LogP contribution in [0, 0.1) is 5.82 Å². The van der Waals surface area contributed by atoms with E-state index in [4.69, 9.17) is 9.26 Å². The second-order valence-corrected chi connectivity index (χ2v) is 7.49. The highest BCUT2D eigenvalue weighted by molar-refractivity contribution is 5.89. The zero-order valence-electron chi connectivity index (χ0n) is 16.8. The third-order valence-electron chi connectivity index (χ3n) is 5.51. The van der Waals surface area contributed by atoms with Gasteiger partial charge in [-0.25, -0.2) is 14.2 Å². The lowest BCUT2D eigenvalue weighted by atomic mass is 10.1. The first kappa shape index (κ1) is 19.4. The molecule has 2 aromatic carbocycles. The highest BCUT2D eigenvalue weighted by atomic mass is 19.1. The van der Waals surface area contributed by atoms with E-state index >= 15 is 0 Å². The Hall–Kier alpha value is -3.59. The Kier molecular flexibility index (Phi) is 4.95. The number of carbonyl (C=O) groups excluding carboxylic acids is 1. The van der Waals surface area contributed by atoms with Gasteiger partial charge < -0.3 is 14.2 Å². The number of esters is 1. The molecule has 1 fully saturated rings. The van der Waals surface area contributed by atoms with Crippen molar-refractivity contribution in [3.8, 4) is 11.4 Å². The fourth-order valence-electron chi connectivity index (χ4n) is 3.97. The van der Waals surface area contributed by atoms with E-state index in [9.17, 15) is 9.18 Å². The largest absolute Gasteiger partial charge is 0.465 e. The summed E-state index contributed by atoms with van der Waals surface area (Å²) < 4.78 is 23.7. The van der Waals surface area contributed by atoms with Crippen LogP contribution in [-0.4, -0.2) is 44.6 Å². The number of nitrogens with one attached hydrogen (secondary N) is 1. The van der Waals surface area contributed by atoms with Gasteiger partial charge in [0.15, 0.2) is 0 Å². The molecule has 1 atom stereocenters. The molecule has 158 valence electrons. The Morgan fingerprint density at radius 1 is 1.26 bits per heavy atom. The highest BCUT2D eigenvalue weighted by Crippen LogP contribution is 2.32. The molecule has 0 spiro atoms. The van der Waals surface area contributed by atoms with Gasteiger partial charge in [0, 0.05) is 5.56 Å². The number of nitrogens with zero attached hydrogens (tertiary/aromatic N) is 4. The lowest BCUT2D eigenvalue weighted by Crippen LogP contribution is -2.23. The van der Waals surface area contributed by atoms with Gasteiger partial charge in [-0.05, 0) is 49.7 Å². The van der Waals surface area contributed by atoms with Gasteiger partial charge in [0.2, 0.25) is 11.7 Å². The van der Waals surface area contributed by atoms with Crippen molar-refractivity contribution >= 4 is 17.0 Å². The van der Waals surface area contributed by atoms with Gasteiger partial charge in [-0.2, -0.15) is 4.98 Å². The molecular formula is C22H20FN5O3. The Morgan fingerprint density at radius 3 is 2.90 bits per heavy atom. The number of aromatic nitrogens is 4. The first-order valence-electron chi connectivity index (χ1n) is 10.0. The van der Waals surface area contributed by atoms with Crippen LogP contribution in [0.3, 0.4) is 0 Å². The van der Waals surface area contributed by atoms with E-state index in [-0.39, 0.29) is 11.9 Å². The molecule has 4 aromatic rings. The van der Waals surface area contributed by atoms with Crippen LogP contribution in [-0.2, 0) is 11.3 Å². The lowest BCUT2D eigenvalue weighted by Gasteiger charge is -2.20. The number of carbonyl (C=O) groups is 1. The van der Waals surface area contributed by atoms with E-state index in [1.165, 1.54) is 19.2 Å². The van der Waals surface area contributed by atoms with E-state index in [0.717, 1.165) is 36.3 Å². The summed E-state index contributed by atoms with van der Waals surface area (Å²) in [6, 6.07) is 11.5. The van der Waals surface area contributed by atoms with Gasteiger partial charge in [-0.3, -0.25) is 4.90 Å². The van der Waals surface area contributed by atoms with Crippen molar-refractivity contribution in [1.82, 2.24) is 25.0 Å². The highest BCUT2D eigenvalue weighted by Gasteiger charge is 2.30. The van der Waals surface area contributed by atoms with Gasteiger partial charge in [0.25, 0.3) is 0 Å². The predicted molar refractivity (Wildman–Crippen MR) is 110 cm³/mol. The zero-order valence-corrected chi connectivity index (χ0v) is 16.8. The minimum Gasteiger partial charge on any atom is -0.465 e. The average molecular weight is 421 g/mol. The fourth-order valence-corrected chi connectivity index (χ4v) is 3.97. The maximum absolute atomic E-state index is 13.5. The first-order chi connectivity index (χ1) is 15.1. The van der Waals surface area contributed by atoms with E-state index < -0.39 is 5.97 Å². The van der Waals surface area contributed by atoms with Crippen LogP contribution in [0.2, 0.25) is 0 Å². The summed E-state index contributed by atoms with van der Waals surface area (Å²) in [7, 11) is 1.34. The molecule has 0 radical (unpaired) electrons. The molecule has 0 bridgehead atoms. The predicted octanol–water partition coefficient (Wildman–Crippen LogP) is 3.88. The average Bonchev–Trinajstić information content (AvgIpc) is 3.52. The molecule has 3 heterocycles. The van der Waals surface area contributed by atoms with Gasteiger partial charge >= 0.3 is 5.97 Å². The Bertz CT molecular complexity index is 1230. The number of hydrogen-bond donors (Lipinski definition) is 1. The SMILES string of the molecule is COC(=O)c1ccc(-c2noc(CN3CCC[C@H]3c3nc4ccc(F)cc4[nH]3)n2)cc1. The second kappa shape index (κ2) is 7.92. The molecule has 8 nitrogen and oxygen atoms in total. The maximum atomic E-state index is 13.5. The standard InChI is InChI=1S/C22H20FN5O3/c1-30-22(29)14-6-4-13(5-7-14)20-26-19(31-27-20)12-28-10-2-3-18(28)21-24-16-9-8-15(23)11-17(16)25-21/h4-9,11,18H,2-3,10,12H2,1H3,(H,24,25)/t18-/m0/s1. The van der Waals surface area contributed by atoms with Crippen LogP contribution in [0.4, 0.5) is 4.39 Å². The Labute approximate surface area is 177 Å². The molecule has 1 N–H and O–H groups in total. The smallest absolute Gasteiger partial charge is 0.337 e. The van der Waals surface area contributed by atoms with E-state index in [0.29, 0.717) is 29.3 Å². The normalized spacial score (nSPS) is 16.8. The summed E-state index contributed by atoms with van der Waals surface area (Å²) in [5.41, 5.74) is 2.65. The van der Waals surface area contributed by atoms with Crippen LogP contribution in [0.1, 0.15) is 41.0 Å². The van der Waals surface area contributed by atoms with Crippen molar-refractivity contribution in [1.29, 1.82) is 0 Å². The summed E-state index contributed by atoms with van der Waals surface area (Å²) in [6.07, 6.45) is 1.96. The summed E-state index contributed by atoms with van der Waals surface area (Å²) in [6.45, 7) is 1.37. The molecule has 0 unspecified atom stereocenters. The molecule has 1 aliphatic rings. The third-order valence-corrected chi connectivity index (χ3v) is 5.51. The minimum atomic E-state index is -0.395. The van der Waals surface area contributed by atoms with Crippen molar-refractivity contribution in [2.45, 2.75) is 25.4 Å². The molecule has 5 rings (SSSR count). The molecule has 1 aliphatic heterocycles. The monoisotopic (exact) mass is 421 g/mol. The molecule has 9 heteroatoms. The Balaban J connectivity index is 1.32. The van der Waals surface area contributed by atoms with Gasteiger partial charge in [-0.1, -0.05) is 17.3 Å². The number of methoxy groups -OCH3 is 1. The number of imidazole rings is 1. The number of aromatic amines is 1. The summed E-state index contributed by atoms with van der Waals surface area (Å²) in [5, 5.41) is 4.07. The van der Waals surface area contributed by atoms with Gasteiger partial charge in [-0.15, -0.1) is 0 Å². The van der Waals surface area contributed by atoms with Crippen LogP contribution in [0.5, 0.6) is 0 Å². The minimum absolute atomic E-state index is 0.0742. The number of H-pyrrole nitrogens is 1. The molecule has 31 heavy (non-hydrogen) atoms. The third kappa shape index (κ3) is 3.79. The summed E-state index contributed by atoms with van der Waals surface area (Å²) >= 11 is 0. The fraction of sp³-hybridized carbons (Fsp3) is 0.273. The molecule has 2 aromatic heterocycles. The molecular weight excluding hydrogens is 401 g/mol. The first-order valence-corrected chi connectivity index (χ1v) is 10.0. The second-order valence-electron chi connectivity index (χ2n) is 7.49. The van der Waals surface area contributed by atoms with Crippen molar-refractivity contribution in [3.63, 3.8) is 0 Å². The van der Waals surface area contributed by atoms with Crippen LogP contribution in [0.15, 0.2) is 47.0 Å². The van der Waals surface area contributed by atoms with Gasteiger partial charge in [0.05, 0.1) is 36.3 Å². The number of ether oxygens (including phenoxy) is 1. The van der Waals surface area contributed by atoms with Crippen LogP contribution < -0.4 is 0 Å². The number of likely N-dealkylation sites (tertiary alicyclic amines) is 1. The van der Waals surface area contributed by atoms with E-state index in [1.807, 2.05) is 0 Å². The zero-order chi connectivity index (χ0) is 21.4. The summed E-state index contributed by atoms with van der Waals surface area (Å²) in [4.78, 5) is 26.2. The van der Waals surface area contributed by atoms with E-state index in [1.54, 1.807) is 30.3 Å². The number of rotatable bonds is 5. The van der Waals surface area contributed by atoms with E-state index in [2.05, 4.69) is 25.0 Å². The van der Waals surface area contributed by atoms with Gasteiger partial charge in [0.1, 0.15) is 11.6 Å². The van der Waals surface area contributed by atoms with Crippen LogP contribution >= 0.6 is 0 Å². The number of fused-ring (bicyclic) bond motifs is 1. The van der Waals surface area contributed by atoms with Crippen LogP contribution in [0.25, 0.3) is 22.4 Å². The Morgan fingerprint density at radius 2 is 2.10 bits per heavy atom. The summed E-state index contributed by atoms with van der Waals surface area (Å²) in [5.74, 6) is 1.09. The molecule has 0 amide bonds. The maximum Gasteiger partial charge on any atom is 0.337 e. The molecule has 0 aliphatic carbocycles. The lowest BCUT2D eigenvalue weighted by molar-refractivity contribution is 0.0600. The van der Waals surface area contributed by atoms with Crippen molar-refractivity contribution in [2.24, 2.45) is 0 Å².